The molecule has 0 aromatic rings. The highest BCUT2D eigenvalue weighted by molar-refractivity contribution is 5.00. The third-order valence-electron chi connectivity index (χ3n) is 4.29. The molecule has 2 saturated carbocycles. The van der Waals surface area contributed by atoms with Crippen molar-refractivity contribution in [3.63, 3.8) is 0 Å². The van der Waals surface area contributed by atoms with Crippen LogP contribution < -0.4 is 11.1 Å². The Kier molecular flexibility index (Phi) is 3.68. The highest BCUT2D eigenvalue weighted by atomic mass is 15.0. The number of hydrogen-bond acceptors (Lipinski definition) is 2. The molecule has 0 aliphatic heterocycles. The molecule has 2 heteroatoms. The predicted octanol–water partition coefficient (Wildman–Crippen LogP) is 2.43. The maximum absolute atomic E-state index is 5.94. The quantitative estimate of drug-likeness (QED) is 0.699. The van der Waals surface area contributed by atoms with Crippen molar-refractivity contribution in [3.8, 4) is 0 Å². The van der Waals surface area contributed by atoms with Gasteiger partial charge in [0.15, 0.2) is 0 Å². The van der Waals surface area contributed by atoms with E-state index in [0.717, 1.165) is 18.5 Å². The Labute approximate surface area is 94.0 Å². The van der Waals surface area contributed by atoms with Crippen LogP contribution >= 0.6 is 0 Å². The molecule has 0 aromatic heterocycles. The van der Waals surface area contributed by atoms with Crippen LogP contribution in [-0.4, -0.2) is 18.1 Å². The smallest absolute Gasteiger partial charge is 0.0306 e. The summed E-state index contributed by atoms with van der Waals surface area (Å²) in [4.78, 5) is 0. The first-order valence-corrected chi connectivity index (χ1v) is 6.72. The van der Waals surface area contributed by atoms with Gasteiger partial charge in [-0.2, -0.15) is 0 Å². The molecule has 1 atom stereocenters. The Morgan fingerprint density at radius 3 is 2.13 bits per heavy atom. The van der Waals surface area contributed by atoms with Crippen LogP contribution in [0.5, 0.6) is 0 Å². The van der Waals surface area contributed by atoms with Crippen molar-refractivity contribution in [1.82, 2.24) is 5.32 Å². The molecule has 88 valence electrons. The van der Waals surface area contributed by atoms with E-state index >= 15 is 0 Å². The maximum Gasteiger partial charge on any atom is 0.0306 e. The van der Waals surface area contributed by atoms with Crippen LogP contribution in [0.15, 0.2) is 0 Å². The zero-order valence-electron chi connectivity index (χ0n) is 10.1. The summed E-state index contributed by atoms with van der Waals surface area (Å²) in [6.45, 7) is 3.13. The Morgan fingerprint density at radius 1 is 1.07 bits per heavy atom. The average molecular weight is 210 g/mol. The lowest BCUT2D eigenvalue weighted by atomic mass is 9.93. The molecule has 15 heavy (non-hydrogen) atoms. The maximum atomic E-state index is 5.94. The molecule has 0 bridgehead atoms. The number of nitrogens with one attached hydrogen (secondary N) is 1. The minimum atomic E-state index is 0.231. The monoisotopic (exact) mass is 210 g/mol. The van der Waals surface area contributed by atoms with Crippen molar-refractivity contribution < 1.29 is 0 Å². The Hall–Kier alpha value is -0.0800. The van der Waals surface area contributed by atoms with E-state index in [0.29, 0.717) is 0 Å². The summed E-state index contributed by atoms with van der Waals surface area (Å²) in [5.74, 6) is 0.853. The summed E-state index contributed by atoms with van der Waals surface area (Å²) in [7, 11) is 0. The third kappa shape index (κ3) is 2.94. The van der Waals surface area contributed by atoms with Gasteiger partial charge in [0.25, 0.3) is 0 Å². The Balaban J connectivity index is 1.87. The second-order valence-corrected chi connectivity index (χ2v) is 5.73. The molecule has 0 heterocycles. The van der Waals surface area contributed by atoms with Gasteiger partial charge in [-0.1, -0.05) is 25.7 Å². The molecular formula is C13H26N2. The van der Waals surface area contributed by atoms with Gasteiger partial charge in [0.05, 0.1) is 0 Å². The first-order valence-electron chi connectivity index (χ1n) is 6.72. The summed E-state index contributed by atoms with van der Waals surface area (Å²) in [6.07, 6.45) is 11.2. The van der Waals surface area contributed by atoms with Crippen LogP contribution in [0.4, 0.5) is 0 Å². The highest BCUT2D eigenvalue weighted by Crippen LogP contribution is 2.39. The first kappa shape index (κ1) is 11.4. The molecule has 1 unspecified atom stereocenters. The van der Waals surface area contributed by atoms with Gasteiger partial charge in [0, 0.05) is 18.1 Å². The first-order chi connectivity index (χ1) is 7.24. The van der Waals surface area contributed by atoms with Gasteiger partial charge < -0.3 is 11.1 Å². The molecular weight excluding hydrogens is 184 g/mol. The van der Waals surface area contributed by atoms with Crippen LogP contribution in [0.1, 0.15) is 58.3 Å². The second-order valence-electron chi connectivity index (χ2n) is 5.73. The van der Waals surface area contributed by atoms with Crippen molar-refractivity contribution in [1.29, 1.82) is 0 Å². The highest BCUT2D eigenvalue weighted by Gasteiger charge is 2.41. The normalized spacial score (nSPS) is 28.4. The lowest BCUT2D eigenvalue weighted by Crippen LogP contribution is -2.54. The van der Waals surface area contributed by atoms with Gasteiger partial charge in [-0.15, -0.1) is 0 Å². The number of rotatable bonds is 4. The van der Waals surface area contributed by atoms with Gasteiger partial charge >= 0.3 is 0 Å². The largest absolute Gasteiger partial charge is 0.329 e. The molecule has 0 radical (unpaired) electrons. The minimum Gasteiger partial charge on any atom is -0.329 e. The fourth-order valence-electron chi connectivity index (χ4n) is 2.95. The van der Waals surface area contributed by atoms with E-state index in [-0.39, 0.29) is 5.54 Å². The molecule has 0 aromatic carbocycles. The van der Waals surface area contributed by atoms with Crippen molar-refractivity contribution in [3.05, 3.63) is 0 Å². The fraction of sp³-hybridized carbons (Fsp3) is 1.00. The van der Waals surface area contributed by atoms with E-state index < -0.39 is 0 Å². The third-order valence-corrected chi connectivity index (χ3v) is 4.29. The van der Waals surface area contributed by atoms with Crippen molar-refractivity contribution >= 4 is 0 Å². The molecule has 0 spiro atoms. The van der Waals surface area contributed by atoms with Crippen LogP contribution in [0, 0.1) is 5.92 Å². The van der Waals surface area contributed by atoms with Gasteiger partial charge in [0.1, 0.15) is 0 Å². The van der Waals surface area contributed by atoms with Crippen molar-refractivity contribution in [2.75, 3.05) is 6.54 Å². The molecule has 2 fully saturated rings. The average Bonchev–Trinajstić information content (AvgIpc) is 3.05. The summed E-state index contributed by atoms with van der Waals surface area (Å²) >= 11 is 0. The van der Waals surface area contributed by atoms with E-state index in [1.165, 1.54) is 51.4 Å². The van der Waals surface area contributed by atoms with Crippen molar-refractivity contribution in [2.45, 2.75) is 69.9 Å². The molecule has 3 N–H and O–H groups in total. The number of hydrogen-bond donors (Lipinski definition) is 2. The SMILES string of the molecule is CC(CN)(NC1CCCCCC1)C1CC1. The van der Waals surface area contributed by atoms with Crippen LogP contribution in [0.3, 0.4) is 0 Å². The summed E-state index contributed by atoms with van der Waals surface area (Å²) in [6, 6.07) is 0.738. The summed E-state index contributed by atoms with van der Waals surface area (Å²) in [5, 5.41) is 3.86. The van der Waals surface area contributed by atoms with Crippen LogP contribution in [-0.2, 0) is 0 Å². The Bertz CT molecular complexity index is 193. The predicted molar refractivity (Wildman–Crippen MR) is 64.8 cm³/mol. The van der Waals surface area contributed by atoms with E-state index in [4.69, 9.17) is 5.73 Å². The van der Waals surface area contributed by atoms with Gasteiger partial charge in [-0.05, 0) is 38.5 Å². The van der Waals surface area contributed by atoms with E-state index in [2.05, 4.69) is 12.2 Å². The fourth-order valence-corrected chi connectivity index (χ4v) is 2.95. The lowest BCUT2D eigenvalue weighted by Gasteiger charge is -2.34. The number of nitrogens with two attached hydrogens (primary N) is 1. The lowest BCUT2D eigenvalue weighted by molar-refractivity contribution is 0.265. The summed E-state index contributed by atoms with van der Waals surface area (Å²) < 4.78 is 0. The summed E-state index contributed by atoms with van der Waals surface area (Å²) in [5.41, 5.74) is 6.17. The molecule has 2 nitrogen and oxygen atoms in total. The van der Waals surface area contributed by atoms with E-state index in [9.17, 15) is 0 Å². The topological polar surface area (TPSA) is 38.0 Å². The molecule has 2 rings (SSSR count). The van der Waals surface area contributed by atoms with E-state index in [1.807, 2.05) is 0 Å². The van der Waals surface area contributed by atoms with Gasteiger partial charge in [-0.3, -0.25) is 0 Å². The Morgan fingerprint density at radius 2 is 1.67 bits per heavy atom. The molecule has 2 aliphatic rings. The molecule has 0 amide bonds. The van der Waals surface area contributed by atoms with Crippen LogP contribution in [0.25, 0.3) is 0 Å². The minimum absolute atomic E-state index is 0.231. The zero-order valence-corrected chi connectivity index (χ0v) is 10.1. The van der Waals surface area contributed by atoms with Gasteiger partial charge in [-0.25, -0.2) is 0 Å². The van der Waals surface area contributed by atoms with Crippen molar-refractivity contribution in [2.24, 2.45) is 11.7 Å². The second kappa shape index (κ2) is 4.84. The van der Waals surface area contributed by atoms with Gasteiger partial charge in [0.2, 0.25) is 0 Å². The molecule has 0 saturated heterocycles. The molecule has 2 aliphatic carbocycles. The zero-order chi connectivity index (χ0) is 10.7. The van der Waals surface area contributed by atoms with E-state index in [1.54, 1.807) is 0 Å². The van der Waals surface area contributed by atoms with Crippen LogP contribution in [0.2, 0.25) is 0 Å². The standard InChI is InChI=1S/C13H26N2/c1-13(10-14,11-8-9-11)15-12-6-4-2-3-5-7-12/h11-12,15H,2-10,14H2,1H3.